The number of hydrogen-bond donors (Lipinski definition) is 2. The average Bonchev–Trinajstić information content (AvgIpc) is 2.04. The molecule has 0 spiro atoms. The van der Waals surface area contributed by atoms with E-state index in [0.717, 1.165) is 12.8 Å². The smallest absolute Gasteiger partial charge is 0.323 e. The fraction of sp³-hybridized carbons (Fsp3) is 0.889. The highest BCUT2D eigenvalue weighted by Gasteiger charge is 2.39. The molecule has 13 heavy (non-hydrogen) atoms. The van der Waals surface area contributed by atoms with E-state index in [2.05, 4.69) is 4.90 Å². The fourth-order valence-corrected chi connectivity index (χ4v) is 1.91. The van der Waals surface area contributed by atoms with Gasteiger partial charge in [0, 0.05) is 6.04 Å². The van der Waals surface area contributed by atoms with E-state index in [1.807, 2.05) is 14.1 Å². The summed E-state index contributed by atoms with van der Waals surface area (Å²) < 4.78 is 0. The van der Waals surface area contributed by atoms with Crippen LogP contribution in [0, 0.1) is 0 Å². The summed E-state index contributed by atoms with van der Waals surface area (Å²) >= 11 is 0. The Hall–Kier alpha value is -0.610. The van der Waals surface area contributed by atoms with Crippen molar-refractivity contribution in [3.05, 3.63) is 0 Å². The molecule has 0 aliphatic heterocycles. The molecule has 76 valence electrons. The second-order valence-corrected chi connectivity index (χ2v) is 4.18. The average molecular weight is 186 g/mol. The Balaban J connectivity index is 2.65. The number of rotatable bonds is 2. The lowest BCUT2D eigenvalue weighted by molar-refractivity contribution is -0.145. The largest absolute Gasteiger partial charge is 0.480 e. The molecule has 1 aliphatic carbocycles. The van der Waals surface area contributed by atoms with E-state index in [9.17, 15) is 4.79 Å². The van der Waals surface area contributed by atoms with Crippen LogP contribution >= 0.6 is 0 Å². The highest BCUT2D eigenvalue weighted by atomic mass is 16.4. The third kappa shape index (κ3) is 2.19. The van der Waals surface area contributed by atoms with Crippen molar-refractivity contribution in [2.45, 2.75) is 37.3 Å². The van der Waals surface area contributed by atoms with Gasteiger partial charge in [-0.3, -0.25) is 4.79 Å². The van der Waals surface area contributed by atoms with Crippen LogP contribution in [0.1, 0.15) is 25.7 Å². The van der Waals surface area contributed by atoms with Crippen LogP contribution in [-0.4, -0.2) is 41.7 Å². The first kappa shape index (κ1) is 10.5. The third-order valence-corrected chi connectivity index (χ3v) is 2.92. The van der Waals surface area contributed by atoms with Gasteiger partial charge in [-0.2, -0.15) is 0 Å². The van der Waals surface area contributed by atoms with Gasteiger partial charge in [-0.1, -0.05) is 0 Å². The van der Waals surface area contributed by atoms with Crippen molar-refractivity contribution in [1.82, 2.24) is 4.90 Å². The van der Waals surface area contributed by atoms with Crippen LogP contribution in [-0.2, 0) is 4.79 Å². The first-order chi connectivity index (χ1) is 5.96. The molecule has 3 N–H and O–H groups in total. The van der Waals surface area contributed by atoms with Crippen molar-refractivity contribution in [3.8, 4) is 0 Å². The SMILES string of the molecule is CN(C)C1CCCC(N)(C(=O)O)C1. The van der Waals surface area contributed by atoms with Crippen molar-refractivity contribution in [2.24, 2.45) is 5.73 Å². The molecule has 0 aromatic heterocycles. The second kappa shape index (κ2) is 3.64. The molecule has 0 amide bonds. The van der Waals surface area contributed by atoms with E-state index in [0.29, 0.717) is 18.9 Å². The predicted octanol–water partition coefficient (Wildman–Crippen LogP) is 0.273. The van der Waals surface area contributed by atoms with Crippen LogP contribution in [0.3, 0.4) is 0 Å². The molecule has 4 heteroatoms. The fourth-order valence-electron chi connectivity index (χ4n) is 1.91. The van der Waals surface area contributed by atoms with Crippen LogP contribution in [0.25, 0.3) is 0 Å². The summed E-state index contributed by atoms with van der Waals surface area (Å²) in [5.74, 6) is -0.862. The third-order valence-electron chi connectivity index (χ3n) is 2.92. The number of carboxylic acids is 1. The number of aliphatic carboxylic acids is 1. The van der Waals surface area contributed by atoms with Crippen molar-refractivity contribution < 1.29 is 9.90 Å². The number of nitrogens with two attached hydrogens (primary N) is 1. The number of nitrogens with zero attached hydrogens (tertiary/aromatic N) is 1. The predicted molar refractivity (Wildman–Crippen MR) is 50.5 cm³/mol. The Kier molecular flexibility index (Phi) is 2.93. The molecule has 0 aromatic rings. The minimum atomic E-state index is -0.993. The summed E-state index contributed by atoms with van der Waals surface area (Å²) in [7, 11) is 3.94. The maximum Gasteiger partial charge on any atom is 0.323 e. The first-order valence-electron chi connectivity index (χ1n) is 4.64. The number of hydrogen-bond acceptors (Lipinski definition) is 3. The molecule has 1 fully saturated rings. The summed E-state index contributed by atoms with van der Waals surface area (Å²) in [6.45, 7) is 0. The van der Waals surface area contributed by atoms with Crippen LogP contribution in [0.5, 0.6) is 0 Å². The summed E-state index contributed by atoms with van der Waals surface area (Å²) in [6, 6.07) is 0.315. The Bertz CT molecular complexity index is 206. The monoisotopic (exact) mass is 186 g/mol. The van der Waals surface area contributed by atoms with Gasteiger partial charge < -0.3 is 15.7 Å². The van der Waals surface area contributed by atoms with E-state index in [1.54, 1.807) is 0 Å². The lowest BCUT2D eigenvalue weighted by Gasteiger charge is -2.37. The molecule has 2 unspecified atom stereocenters. The molecule has 1 rings (SSSR count). The Morgan fingerprint density at radius 3 is 2.69 bits per heavy atom. The molecule has 1 saturated carbocycles. The van der Waals surface area contributed by atoms with Gasteiger partial charge in [0.05, 0.1) is 0 Å². The van der Waals surface area contributed by atoms with Gasteiger partial charge in [-0.05, 0) is 39.8 Å². The molecule has 0 heterocycles. The van der Waals surface area contributed by atoms with Crippen molar-refractivity contribution >= 4 is 5.97 Å². The molecule has 1 aliphatic rings. The zero-order chi connectivity index (χ0) is 10.1. The van der Waals surface area contributed by atoms with Gasteiger partial charge in [0.15, 0.2) is 0 Å². The summed E-state index contributed by atoms with van der Waals surface area (Å²) in [5.41, 5.74) is 4.81. The Morgan fingerprint density at radius 2 is 2.23 bits per heavy atom. The van der Waals surface area contributed by atoms with Gasteiger partial charge in [0.2, 0.25) is 0 Å². The zero-order valence-corrected chi connectivity index (χ0v) is 8.29. The van der Waals surface area contributed by atoms with Gasteiger partial charge in [0.1, 0.15) is 5.54 Å². The van der Waals surface area contributed by atoms with E-state index in [-0.39, 0.29) is 0 Å². The van der Waals surface area contributed by atoms with E-state index in [1.165, 1.54) is 0 Å². The molecule has 0 aromatic carbocycles. The number of carbonyl (C=O) groups is 1. The van der Waals surface area contributed by atoms with Crippen molar-refractivity contribution in [2.75, 3.05) is 14.1 Å². The van der Waals surface area contributed by atoms with Crippen molar-refractivity contribution in [1.29, 1.82) is 0 Å². The lowest BCUT2D eigenvalue weighted by Crippen LogP contribution is -2.54. The van der Waals surface area contributed by atoms with Crippen LogP contribution < -0.4 is 5.73 Å². The minimum Gasteiger partial charge on any atom is -0.480 e. The molecule has 2 atom stereocenters. The van der Waals surface area contributed by atoms with Crippen LogP contribution in [0.15, 0.2) is 0 Å². The quantitative estimate of drug-likeness (QED) is 0.649. The summed E-state index contributed by atoms with van der Waals surface area (Å²) in [6.07, 6.45) is 3.13. The molecule has 0 bridgehead atoms. The van der Waals surface area contributed by atoms with Gasteiger partial charge in [-0.15, -0.1) is 0 Å². The van der Waals surface area contributed by atoms with E-state index < -0.39 is 11.5 Å². The summed E-state index contributed by atoms with van der Waals surface area (Å²) in [5, 5.41) is 8.95. The minimum absolute atomic E-state index is 0.315. The molecular formula is C9H18N2O2. The first-order valence-corrected chi connectivity index (χ1v) is 4.64. The zero-order valence-electron chi connectivity index (χ0n) is 8.29. The van der Waals surface area contributed by atoms with Crippen LogP contribution in [0.2, 0.25) is 0 Å². The highest BCUT2D eigenvalue weighted by Crippen LogP contribution is 2.28. The van der Waals surface area contributed by atoms with Gasteiger partial charge in [0.25, 0.3) is 0 Å². The van der Waals surface area contributed by atoms with E-state index >= 15 is 0 Å². The number of carboxylic acid groups (broad SMARTS) is 1. The van der Waals surface area contributed by atoms with E-state index in [4.69, 9.17) is 10.8 Å². The molecular weight excluding hydrogens is 168 g/mol. The highest BCUT2D eigenvalue weighted by molar-refractivity contribution is 5.78. The van der Waals surface area contributed by atoms with Gasteiger partial charge >= 0.3 is 5.97 Å². The Labute approximate surface area is 78.7 Å². The molecule has 4 nitrogen and oxygen atoms in total. The topological polar surface area (TPSA) is 66.6 Å². The van der Waals surface area contributed by atoms with Gasteiger partial charge in [-0.25, -0.2) is 0 Å². The standard InChI is InChI=1S/C9H18N2O2/c1-11(2)7-4-3-5-9(10,6-7)8(12)13/h7H,3-6,10H2,1-2H3,(H,12,13). The maximum atomic E-state index is 10.9. The molecule has 0 radical (unpaired) electrons. The van der Waals surface area contributed by atoms with Crippen LogP contribution in [0.4, 0.5) is 0 Å². The Morgan fingerprint density at radius 1 is 1.62 bits per heavy atom. The second-order valence-electron chi connectivity index (χ2n) is 4.18. The van der Waals surface area contributed by atoms with Crippen molar-refractivity contribution in [3.63, 3.8) is 0 Å². The molecule has 0 saturated heterocycles. The normalized spacial score (nSPS) is 34.9. The lowest BCUT2D eigenvalue weighted by atomic mass is 9.79. The maximum absolute atomic E-state index is 10.9. The summed E-state index contributed by atoms with van der Waals surface area (Å²) in [4.78, 5) is 13.0.